The average molecular weight is 212 g/mol. The molecule has 1 saturated carbocycles. The summed E-state index contributed by atoms with van der Waals surface area (Å²) in [6, 6.07) is 0. The Labute approximate surface area is 95.3 Å². The van der Waals surface area contributed by atoms with Gasteiger partial charge in [-0.3, -0.25) is 0 Å². The van der Waals surface area contributed by atoms with E-state index in [2.05, 4.69) is 20.8 Å². The Bertz CT molecular complexity index is 176. The maximum absolute atomic E-state index is 10.7. The molecule has 1 aliphatic carbocycles. The smallest absolute Gasteiger partial charge is 0.0698 e. The van der Waals surface area contributed by atoms with Gasteiger partial charge in [0, 0.05) is 0 Å². The van der Waals surface area contributed by atoms with Crippen LogP contribution in [-0.2, 0) is 0 Å². The van der Waals surface area contributed by atoms with Crippen molar-refractivity contribution < 1.29 is 5.11 Å². The Balaban J connectivity index is 2.50. The molecule has 1 fully saturated rings. The molecule has 0 bridgehead atoms. The molecule has 0 radical (unpaired) electrons. The van der Waals surface area contributed by atoms with E-state index in [1.54, 1.807) is 0 Å². The van der Waals surface area contributed by atoms with Crippen LogP contribution in [0.2, 0.25) is 0 Å². The molecule has 15 heavy (non-hydrogen) atoms. The van der Waals surface area contributed by atoms with Gasteiger partial charge < -0.3 is 5.11 Å². The predicted molar refractivity (Wildman–Crippen MR) is 65.9 cm³/mol. The normalized spacial score (nSPS) is 32.2. The van der Waals surface area contributed by atoms with Gasteiger partial charge in [0.15, 0.2) is 0 Å². The molecule has 0 aliphatic heterocycles. The molecule has 1 rings (SSSR count). The first kappa shape index (κ1) is 13.0. The van der Waals surface area contributed by atoms with Crippen molar-refractivity contribution in [3.05, 3.63) is 0 Å². The fraction of sp³-hybridized carbons (Fsp3) is 1.00. The van der Waals surface area contributed by atoms with E-state index in [1.807, 2.05) is 0 Å². The Morgan fingerprint density at radius 2 is 2.00 bits per heavy atom. The van der Waals surface area contributed by atoms with E-state index in [0.717, 1.165) is 6.42 Å². The molecule has 0 saturated heterocycles. The fourth-order valence-corrected chi connectivity index (χ4v) is 3.05. The van der Waals surface area contributed by atoms with E-state index < -0.39 is 0 Å². The van der Waals surface area contributed by atoms with Gasteiger partial charge in [0.05, 0.1) is 5.60 Å². The monoisotopic (exact) mass is 212 g/mol. The van der Waals surface area contributed by atoms with Crippen LogP contribution in [0.1, 0.15) is 72.1 Å². The molecule has 0 heterocycles. The second-order valence-electron chi connectivity index (χ2n) is 5.58. The lowest BCUT2D eigenvalue weighted by Gasteiger charge is -2.43. The van der Waals surface area contributed by atoms with Crippen LogP contribution in [0, 0.1) is 11.8 Å². The summed E-state index contributed by atoms with van der Waals surface area (Å²) in [4.78, 5) is 0. The molecule has 1 heteroatoms. The van der Waals surface area contributed by atoms with E-state index in [4.69, 9.17) is 0 Å². The molecule has 0 spiro atoms. The van der Waals surface area contributed by atoms with Crippen molar-refractivity contribution in [2.24, 2.45) is 11.8 Å². The summed E-state index contributed by atoms with van der Waals surface area (Å²) in [7, 11) is 0. The van der Waals surface area contributed by atoms with Gasteiger partial charge in [-0.25, -0.2) is 0 Å². The van der Waals surface area contributed by atoms with Crippen molar-refractivity contribution in [2.45, 2.75) is 77.7 Å². The van der Waals surface area contributed by atoms with Crippen LogP contribution >= 0.6 is 0 Å². The minimum Gasteiger partial charge on any atom is -0.389 e. The number of unbranched alkanes of at least 4 members (excludes halogenated alkanes) is 2. The van der Waals surface area contributed by atoms with E-state index in [0.29, 0.717) is 11.8 Å². The Morgan fingerprint density at radius 1 is 1.27 bits per heavy atom. The van der Waals surface area contributed by atoms with Gasteiger partial charge in [0.2, 0.25) is 0 Å². The molecule has 90 valence electrons. The van der Waals surface area contributed by atoms with E-state index in [9.17, 15) is 5.11 Å². The first-order chi connectivity index (χ1) is 7.11. The SMILES string of the molecule is CCCCC[C@H]1CCCC[C@]1(O)C(C)C. The third-order valence-corrected chi connectivity index (χ3v) is 4.24. The van der Waals surface area contributed by atoms with Crippen molar-refractivity contribution in [3.63, 3.8) is 0 Å². The second kappa shape index (κ2) is 5.89. The zero-order chi connectivity index (χ0) is 11.3. The summed E-state index contributed by atoms with van der Waals surface area (Å²) in [5.74, 6) is 0.988. The molecular formula is C14H28O. The fourth-order valence-electron chi connectivity index (χ4n) is 3.05. The van der Waals surface area contributed by atoms with Gasteiger partial charge in [0.25, 0.3) is 0 Å². The van der Waals surface area contributed by atoms with Gasteiger partial charge in [-0.15, -0.1) is 0 Å². The maximum Gasteiger partial charge on any atom is 0.0698 e. The molecule has 1 nitrogen and oxygen atoms in total. The van der Waals surface area contributed by atoms with E-state index in [-0.39, 0.29) is 5.60 Å². The number of hydrogen-bond acceptors (Lipinski definition) is 1. The zero-order valence-corrected chi connectivity index (χ0v) is 10.8. The molecule has 0 amide bonds. The highest BCUT2D eigenvalue weighted by atomic mass is 16.3. The molecular weight excluding hydrogens is 184 g/mol. The van der Waals surface area contributed by atoms with Crippen molar-refractivity contribution in [1.29, 1.82) is 0 Å². The zero-order valence-electron chi connectivity index (χ0n) is 10.8. The van der Waals surface area contributed by atoms with Crippen molar-refractivity contribution >= 4 is 0 Å². The Kier molecular flexibility index (Phi) is 5.11. The summed E-state index contributed by atoms with van der Waals surface area (Å²) in [5, 5.41) is 10.7. The van der Waals surface area contributed by atoms with Gasteiger partial charge in [-0.05, 0) is 31.1 Å². The van der Waals surface area contributed by atoms with Crippen LogP contribution in [-0.4, -0.2) is 10.7 Å². The number of hydrogen-bond donors (Lipinski definition) is 1. The van der Waals surface area contributed by atoms with E-state index in [1.165, 1.54) is 44.9 Å². The predicted octanol–water partition coefficient (Wildman–Crippen LogP) is 4.14. The summed E-state index contributed by atoms with van der Waals surface area (Å²) >= 11 is 0. The minimum atomic E-state index is -0.355. The van der Waals surface area contributed by atoms with Crippen LogP contribution in [0.4, 0.5) is 0 Å². The first-order valence-electron chi connectivity index (χ1n) is 6.83. The highest BCUT2D eigenvalue weighted by Gasteiger charge is 2.40. The lowest BCUT2D eigenvalue weighted by atomic mass is 9.68. The van der Waals surface area contributed by atoms with Crippen LogP contribution in [0.3, 0.4) is 0 Å². The summed E-state index contributed by atoms with van der Waals surface area (Å²) < 4.78 is 0. The molecule has 2 atom stereocenters. The van der Waals surface area contributed by atoms with Crippen LogP contribution < -0.4 is 0 Å². The molecule has 0 aromatic heterocycles. The third kappa shape index (κ3) is 3.21. The topological polar surface area (TPSA) is 20.2 Å². The van der Waals surface area contributed by atoms with Crippen molar-refractivity contribution in [2.75, 3.05) is 0 Å². The highest BCUT2D eigenvalue weighted by Crippen LogP contribution is 2.41. The van der Waals surface area contributed by atoms with Crippen molar-refractivity contribution in [1.82, 2.24) is 0 Å². The molecule has 0 aromatic rings. The minimum absolute atomic E-state index is 0.355. The third-order valence-electron chi connectivity index (χ3n) is 4.24. The van der Waals surface area contributed by atoms with Crippen LogP contribution in [0.25, 0.3) is 0 Å². The standard InChI is InChI=1S/C14H28O/c1-4-5-6-9-13-10-7-8-11-14(13,15)12(2)3/h12-13,15H,4-11H2,1-3H3/t13-,14-/m0/s1. The molecule has 1 N–H and O–H groups in total. The average Bonchev–Trinajstić information content (AvgIpc) is 2.21. The van der Waals surface area contributed by atoms with Gasteiger partial charge in [-0.2, -0.15) is 0 Å². The quantitative estimate of drug-likeness (QED) is 0.679. The largest absolute Gasteiger partial charge is 0.389 e. The molecule has 0 aromatic carbocycles. The van der Waals surface area contributed by atoms with Gasteiger partial charge >= 0.3 is 0 Å². The highest BCUT2D eigenvalue weighted by molar-refractivity contribution is 4.92. The van der Waals surface area contributed by atoms with Gasteiger partial charge in [-0.1, -0.05) is 52.9 Å². The first-order valence-corrected chi connectivity index (χ1v) is 6.83. The lowest BCUT2D eigenvalue weighted by molar-refractivity contribution is -0.0878. The van der Waals surface area contributed by atoms with Crippen molar-refractivity contribution in [3.8, 4) is 0 Å². The second-order valence-corrected chi connectivity index (χ2v) is 5.58. The summed E-state index contributed by atoms with van der Waals surface area (Å²) in [6.07, 6.45) is 9.97. The lowest BCUT2D eigenvalue weighted by Crippen LogP contribution is -2.45. The Morgan fingerprint density at radius 3 is 2.60 bits per heavy atom. The Hall–Kier alpha value is -0.0400. The summed E-state index contributed by atoms with van der Waals surface area (Å²) in [6.45, 7) is 6.60. The van der Waals surface area contributed by atoms with Gasteiger partial charge in [0.1, 0.15) is 0 Å². The van der Waals surface area contributed by atoms with Crippen LogP contribution in [0.5, 0.6) is 0 Å². The molecule has 1 aliphatic rings. The maximum atomic E-state index is 10.7. The molecule has 0 unspecified atom stereocenters. The number of aliphatic hydroxyl groups is 1. The number of rotatable bonds is 5. The van der Waals surface area contributed by atoms with E-state index >= 15 is 0 Å². The summed E-state index contributed by atoms with van der Waals surface area (Å²) in [5.41, 5.74) is -0.355. The van der Waals surface area contributed by atoms with Crippen LogP contribution in [0.15, 0.2) is 0 Å².